The first-order valence-electron chi connectivity index (χ1n) is 15.9. The fourth-order valence-electron chi connectivity index (χ4n) is 5.62. The zero-order valence-corrected chi connectivity index (χ0v) is 29.3. The molecule has 266 valence electrons. The molecule has 2 heterocycles. The summed E-state index contributed by atoms with van der Waals surface area (Å²) >= 11 is 6.78. The van der Waals surface area contributed by atoms with Gasteiger partial charge in [-0.2, -0.15) is 23.7 Å². The molecule has 9 nitrogen and oxygen atoms in total. The molecule has 1 aliphatic heterocycles. The van der Waals surface area contributed by atoms with Crippen LogP contribution in [0.2, 0.25) is 5.02 Å². The Bertz CT molecular complexity index is 2510. The van der Waals surface area contributed by atoms with Crippen LogP contribution in [0.5, 0.6) is 11.5 Å². The van der Waals surface area contributed by atoms with Crippen molar-refractivity contribution < 1.29 is 32.2 Å². The summed E-state index contributed by atoms with van der Waals surface area (Å²) in [4.78, 5) is 30.9. The number of hydrogen-bond acceptors (Lipinski definition) is 9. The summed E-state index contributed by atoms with van der Waals surface area (Å²) in [5.41, 5.74) is -0.400. The Labute approximate surface area is 309 Å². The van der Waals surface area contributed by atoms with Crippen LogP contribution >= 0.6 is 22.9 Å². The molecular weight excluding hydrogens is 729 g/mol. The lowest BCUT2D eigenvalue weighted by Gasteiger charge is -2.26. The minimum absolute atomic E-state index is 0.00626. The van der Waals surface area contributed by atoms with Crippen molar-refractivity contribution in [1.29, 1.82) is 10.5 Å². The first-order valence-corrected chi connectivity index (χ1v) is 17.1. The molecular formula is C39H26ClF3N4O5S. The van der Waals surface area contributed by atoms with Crippen LogP contribution < -0.4 is 24.4 Å². The Morgan fingerprint density at radius 2 is 1.57 bits per heavy atom. The quantitative estimate of drug-likeness (QED) is 0.142. The van der Waals surface area contributed by atoms with Gasteiger partial charge in [0, 0.05) is 27.8 Å². The van der Waals surface area contributed by atoms with Gasteiger partial charge in [-0.25, -0.2) is 9.79 Å². The van der Waals surface area contributed by atoms with Crippen molar-refractivity contribution in [2.24, 2.45) is 4.99 Å². The molecule has 1 aromatic heterocycles. The summed E-state index contributed by atoms with van der Waals surface area (Å²) in [6.45, 7) is 1.27. The number of halogens is 4. The number of carbonyl (C=O) groups excluding carboxylic acids is 1. The zero-order chi connectivity index (χ0) is 37.7. The van der Waals surface area contributed by atoms with E-state index in [-0.39, 0.29) is 40.5 Å². The number of nitriles is 2. The summed E-state index contributed by atoms with van der Waals surface area (Å²) in [6, 6.07) is 27.1. The van der Waals surface area contributed by atoms with Crippen molar-refractivity contribution in [3.63, 3.8) is 0 Å². The lowest BCUT2D eigenvalue weighted by molar-refractivity contribution is -0.140. The third-order valence-electron chi connectivity index (χ3n) is 8.11. The number of aromatic nitrogens is 1. The molecule has 0 bridgehead atoms. The van der Waals surface area contributed by atoms with Gasteiger partial charge in [0.25, 0.3) is 5.56 Å². The molecule has 0 aliphatic carbocycles. The van der Waals surface area contributed by atoms with Crippen molar-refractivity contribution in [1.82, 2.24) is 4.57 Å². The second-order valence-corrected chi connectivity index (χ2v) is 12.9. The maximum absolute atomic E-state index is 14.5. The van der Waals surface area contributed by atoms with Crippen molar-refractivity contribution in [2.45, 2.75) is 32.4 Å². The molecule has 0 spiro atoms. The number of benzene rings is 4. The average molecular weight is 755 g/mol. The van der Waals surface area contributed by atoms with E-state index in [0.717, 1.165) is 4.57 Å². The van der Waals surface area contributed by atoms with E-state index in [1.165, 1.54) is 37.3 Å². The fraction of sp³-hybridized carbons (Fsp3) is 0.154. The van der Waals surface area contributed by atoms with Crippen LogP contribution in [0.1, 0.15) is 46.3 Å². The van der Waals surface area contributed by atoms with E-state index in [1.807, 2.05) is 0 Å². The normalized spacial score (nSPS) is 14.1. The van der Waals surface area contributed by atoms with E-state index < -0.39 is 35.0 Å². The maximum Gasteiger partial charge on any atom is 0.434 e. The lowest BCUT2D eigenvalue weighted by atomic mass is 9.95. The van der Waals surface area contributed by atoms with E-state index in [1.54, 1.807) is 66.7 Å². The second kappa shape index (κ2) is 15.6. The number of carbonyl (C=O) groups is 1. The average Bonchev–Trinajstić information content (AvgIpc) is 3.47. The number of allylic oxidation sites excluding steroid dienone is 1. The van der Waals surface area contributed by atoms with E-state index in [2.05, 4.69) is 17.1 Å². The largest absolute Gasteiger partial charge is 0.489 e. The minimum atomic E-state index is -5.06. The van der Waals surface area contributed by atoms with Gasteiger partial charge in [0.1, 0.15) is 24.7 Å². The van der Waals surface area contributed by atoms with Gasteiger partial charge < -0.3 is 14.2 Å². The van der Waals surface area contributed by atoms with Crippen molar-refractivity contribution in [3.05, 3.63) is 160 Å². The molecule has 0 unspecified atom stereocenters. The topological polar surface area (TPSA) is 127 Å². The molecule has 0 N–H and O–H groups in total. The molecule has 0 saturated heterocycles. The van der Waals surface area contributed by atoms with E-state index in [0.29, 0.717) is 49.9 Å². The standard InChI is InChI=1S/C39H26ClF3N4O5S/c1-2-50-37(49)33-34(23-11-14-29(40)15-12-23)47-36(48)32(53-38(47)46-35(33)39(41,42)43)17-24-13-16-30(51-21-27-9-5-3-7-25(27)19-44)18-31(24)52-22-28-10-6-4-8-26(28)20-45/h3-18,34H,2,21-22H2,1H3/b32-17+/t34-/m0/s1. The van der Waals surface area contributed by atoms with Crippen LogP contribution in [-0.4, -0.2) is 23.3 Å². The molecule has 1 aliphatic rings. The van der Waals surface area contributed by atoms with Gasteiger partial charge in [-0.15, -0.1) is 0 Å². The molecule has 1 atom stereocenters. The predicted octanol–water partition coefficient (Wildman–Crippen LogP) is 6.90. The van der Waals surface area contributed by atoms with Gasteiger partial charge in [0.2, 0.25) is 0 Å². The molecule has 5 aromatic rings. The van der Waals surface area contributed by atoms with Crippen LogP contribution in [0.4, 0.5) is 13.2 Å². The number of fused-ring (bicyclic) bond motifs is 1. The van der Waals surface area contributed by atoms with Gasteiger partial charge >= 0.3 is 12.1 Å². The number of hydrogen-bond donors (Lipinski definition) is 0. The predicted molar refractivity (Wildman–Crippen MR) is 190 cm³/mol. The van der Waals surface area contributed by atoms with Gasteiger partial charge in [-0.05, 0) is 55.0 Å². The molecule has 0 fully saturated rings. The summed E-state index contributed by atoms with van der Waals surface area (Å²) in [5.74, 6) is -0.678. The Kier molecular flexibility index (Phi) is 10.8. The minimum Gasteiger partial charge on any atom is -0.489 e. The number of esters is 1. The van der Waals surface area contributed by atoms with E-state index >= 15 is 0 Å². The van der Waals surface area contributed by atoms with Crippen LogP contribution in [0.15, 0.2) is 112 Å². The molecule has 0 amide bonds. The van der Waals surface area contributed by atoms with Crippen molar-refractivity contribution in [2.75, 3.05) is 6.61 Å². The number of nitrogens with zero attached hydrogens (tertiary/aromatic N) is 4. The van der Waals surface area contributed by atoms with Crippen LogP contribution in [0, 0.1) is 22.7 Å². The summed E-state index contributed by atoms with van der Waals surface area (Å²) in [5, 5.41) is 19.4. The summed E-state index contributed by atoms with van der Waals surface area (Å²) < 4.78 is 61.9. The van der Waals surface area contributed by atoms with E-state index in [9.17, 15) is 33.3 Å². The van der Waals surface area contributed by atoms with Gasteiger partial charge in [-0.3, -0.25) is 9.36 Å². The molecule has 14 heteroatoms. The molecule has 4 aromatic carbocycles. The Hall–Kier alpha value is -6.15. The van der Waals surface area contributed by atoms with Gasteiger partial charge in [0.15, 0.2) is 10.5 Å². The smallest absolute Gasteiger partial charge is 0.434 e. The second-order valence-electron chi connectivity index (χ2n) is 11.4. The molecule has 0 radical (unpaired) electrons. The SMILES string of the molecule is CCOC(=O)C1=C(C(F)(F)F)N=c2s/c(=C/c3ccc(OCc4ccccc4C#N)cc3OCc3ccccc3C#N)c(=O)n2[C@H]1c1ccc(Cl)cc1. The maximum atomic E-state index is 14.5. The highest BCUT2D eigenvalue weighted by molar-refractivity contribution is 7.07. The monoisotopic (exact) mass is 754 g/mol. The zero-order valence-electron chi connectivity index (χ0n) is 27.7. The van der Waals surface area contributed by atoms with Crippen molar-refractivity contribution in [3.8, 4) is 23.6 Å². The highest BCUT2D eigenvalue weighted by atomic mass is 35.5. The number of ether oxygens (including phenoxy) is 3. The molecule has 53 heavy (non-hydrogen) atoms. The van der Waals surface area contributed by atoms with Gasteiger partial charge in [-0.1, -0.05) is 71.5 Å². The number of rotatable bonds is 10. The fourth-order valence-corrected chi connectivity index (χ4v) is 6.74. The Balaban J connectivity index is 1.48. The first kappa shape index (κ1) is 36.6. The van der Waals surface area contributed by atoms with Crippen LogP contribution in [0.25, 0.3) is 6.08 Å². The highest BCUT2D eigenvalue weighted by Crippen LogP contribution is 2.38. The summed E-state index contributed by atoms with van der Waals surface area (Å²) in [6.07, 6.45) is -3.61. The molecule has 6 rings (SSSR count). The number of alkyl halides is 3. The van der Waals surface area contributed by atoms with Gasteiger partial charge in [0.05, 0.1) is 46.0 Å². The Morgan fingerprint density at radius 3 is 2.17 bits per heavy atom. The van der Waals surface area contributed by atoms with Crippen molar-refractivity contribution >= 4 is 35.0 Å². The molecule has 0 saturated carbocycles. The third-order valence-corrected chi connectivity index (χ3v) is 9.34. The van der Waals surface area contributed by atoms with Crippen LogP contribution in [0.3, 0.4) is 0 Å². The van der Waals surface area contributed by atoms with Crippen LogP contribution in [-0.2, 0) is 22.7 Å². The third kappa shape index (κ3) is 7.87. The Morgan fingerprint density at radius 1 is 0.943 bits per heavy atom. The summed E-state index contributed by atoms with van der Waals surface area (Å²) in [7, 11) is 0. The number of thiazole rings is 1. The first-order chi connectivity index (χ1) is 25.5. The highest BCUT2D eigenvalue weighted by Gasteiger charge is 2.45. The van der Waals surface area contributed by atoms with E-state index in [4.69, 9.17) is 25.8 Å². The lowest BCUT2D eigenvalue weighted by Crippen LogP contribution is -2.41.